The highest BCUT2D eigenvalue weighted by atomic mass is 16.4. The number of amides is 2. The zero-order chi connectivity index (χ0) is 19.7. The minimum atomic E-state index is -1.29. The lowest BCUT2D eigenvalue weighted by molar-refractivity contribution is -0.915. The van der Waals surface area contributed by atoms with Crippen molar-refractivity contribution in [3.8, 4) is 0 Å². The zero-order valence-corrected chi connectivity index (χ0v) is 15.3. The molecule has 144 valence electrons. The highest BCUT2D eigenvalue weighted by molar-refractivity contribution is 6.21. The number of carboxylic acids is 1. The predicted molar refractivity (Wildman–Crippen MR) is 97.6 cm³/mol. The zero-order valence-electron chi connectivity index (χ0n) is 15.3. The smallest absolute Gasteiger partial charge is 0.292 e. The Morgan fingerprint density at radius 2 is 1.79 bits per heavy atom. The third-order valence-corrected chi connectivity index (χ3v) is 5.44. The molecule has 2 aliphatic rings. The Bertz CT molecular complexity index is 892. The Hall–Kier alpha value is -3.26. The number of nitrogens with one attached hydrogen (secondary N) is 2. The number of pyridine rings is 1. The number of imide groups is 1. The van der Waals surface area contributed by atoms with Crippen molar-refractivity contribution in [2.75, 3.05) is 36.0 Å². The predicted octanol–water partition coefficient (Wildman–Crippen LogP) is -2.10. The van der Waals surface area contributed by atoms with Crippen LogP contribution in [0.1, 0.15) is 16.8 Å². The quantitative estimate of drug-likeness (QED) is 0.612. The molecule has 2 N–H and O–H groups in total. The maximum atomic E-state index is 12.9. The lowest BCUT2D eigenvalue weighted by Gasteiger charge is -2.31. The third kappa shape index (κ3) is 3.34. The van der Waals surface area contributed by atoms with Crippen LogP contribution in [-0.2, 0) is 9.59 Å². The number of quaternary nitrogens is 1. The second kappa shape index (κ2) is 7.40. The second-order valence-electron chi connectivity index (χ2n) is 7.05. The van der Waals surface area contributed by atoms with E-state index in [0.29, 0.717) is 5.69 Å². The van der Waals surface area contributed by atoms with E-state index in [2.05, 4.69) is 9.88 Å². The third-order valence-electron chi connectivity index (χ3n) is 5.44. The number of carboxylic acid groups (broad SMARTS) is 1. The second-order valence-corrected chi connectivity index (χ2v) is 7.05. The average Bonchev–Trinajstić information content (AvgIpc) is 3.03. The van der Waals surface area contributed by atoms with Gasteiger partial charge >= 0.3 is 0 Å². The van der Waals surface area contributed by atoms with Crippen LogP contribution in [-0.4, -0.2) is 50.0 Å². The number of carbonyl (C=O) groups is 3. The van der Waals surface area contributed by atoms with Crippen LogP contribution in [0.4, 0.5) is 11.5 Å². The van der Waals surface area contributed by atoms with Crippen LogP contribution in [0.25, 0.3) is 0 Å². The Labute approximate surface area is 162 Å². The fourth-order valence-corrected chi connectivity index (χ4v) is 3.93. The largest absolute Gasteiger partial charge is 0.545 e. The summed E-state index contributed by atoms with van der Waals surface area (Å²) in [6.45, 7) is 3.13. The molecule has 2 fully saturated rings. The van der Waals surface area contributed by atoms with Gasteiger partial charge < -0.3 is 14.8 Å². The van der Waals surface area contributed by atoms with Gasteiger partial charge in [-0.15, -0.1) is 0 Å². The van der Waals surface area contributed by atoms with Crippen LogP contribution < -0.4 is 24.8 Å². The van der Waals surface area contributed by atoms with Gasteiger partial charge in [0.1, 0.15) is 26.2 Å². The molecule has 4 rings (SSSR count). The Morgan fingerprint density at radius 3 is 2.39 bits per heavy atom. The minimum absolute atomic E-state index is 0.0128. The molecule has 2 amide bonds. The van der Waals surface area contributed by atoms with Crippen LogP contribution in [0, 0.1) is 0 Å². The van der Waals surface area contributed by atoms with Gasteiger partial charge in [0, 0.05) is 6.07 Å². The lowest BCUT2D eigenvalue weighted by atomic mass is 10.1. The van der Waals surface area contributed by atoms with Crippen molar-refractivity contribution >= 4 is 29.3 Å². The van der Waals surface area contributed by atoms with Crippen molar-refractivity contribution in [1.82, 2.24) is 0 Å². The van der Waals surface area contributed by atoms with Gasteiger partial charge in [0.25, 0.3) is 11.7 Å². The topological polar surface area (TPSA) is 99.3 Å². The molecule has 3 heterocycles. The van der Waals surface area contributed by atoms with Gasteiger partial charge in [-0.3, -0.25) is 14.5 Å². The number of aromatic amines is 1. The first-order valence-electron chi connectivity index (χ1n) is 9.29. The first-order valence-corrected chi connectivity index (χ1v) is 9.29. The summed E-state index contributed by atoms with van der Waals surface area (Å²) in [5.74, 6) is -0.713. The molecule has 2 aliphatic heterocycles. The number of benzene rings is 1. The van der Waals surface area contributed by atoms with E-state index in [0.717, 1.165) is 36.9 Å². The molecule has 0 saturated carbocycles. The van der Waals surface area contributed by atoms with Gasteiger partial charge in [0.05, 0.1) is 24.3 Å². The van der Waals surface area contributed by atoms with Gasteiger partial charge in [-0.2, -0.15) is 0 Å². The van der Waals surface area contributed by atoms with Crippen LogP contribution in [0.5, 0.6) is 0 Å². The van der Waals surface area contributed by atoms with E-state index in [4.69, 9.17) is 0 Å². The maximum absolute atomic E-state index is 12.9. The van der Waals surface area contributed by atoms with Crippen molar-refractivity contribution in [2.45, 2.75) is 12.5 Å². The molecule has 1 aromatic heterocycles. The number of anilines is 2. The molecular formula is C20H21N4O4+. The molecule has 8 heteroatoms. The number of piperazine rings is 1. The highest BCUT2D eigenvalue weighted by Crippen LogP contribution is 2.22. The fraction of sp³-hybridized carbons (Fsp3) is 0.300. The van der Waals surface area contributed by atoms with Crippen LogP contribution >= 0.6 is 0 Å². The normalized spacial score (nSPS) is 20.6. The number of hydrogen-bond donors (Lipinski definition) is 1. The number of carbonyl (C=O) groups excluding carboxylic acids is 3. The van der Waals surface area contributed by atoms with Crippen LogP contribution in [0.3, 0.4) is 0 Å². The summed E-state index contributed by atoms with van der Waals surface area (Å²) in [7, 11) is 0. The van der Waals surface area contributed by atoms with Crippen LogP contribution in [0.2, 0.25) is 0 Å². The molecular weight excluding hydrogens is 360 g/mol. The fourth-order valence-electron chi connectivity index (χ4n) is 3.93. The molecule has 8 nitrogen and oxygen atoms in total. The summed E-state index contributed by atoms with van der Waals surface area (Å²) < 4.78 is 0. The van der Waals surface area contributed by atoms with Crippen molar-refractivity contribution in [1.29, 1.82) is 0 Å². The first-order chi connectivity index (χ1) is 13.5. The Morgan fingerprint density at radius 1 is 1.07 bits per heavy atom. The number of aromatic nitrogens is 1. The van der Waals surface area contributed by atoms with E-state index in [1.807, 2.05) is 24.4 Å². The molecule has 28 heavy (non-hydrogen) atoms. The molecule has 2 aromatic rings. The molecule has 0 bridgehead atoms. The van der Waals surface area contributed by atoms with E-state index < -0.39 is 12.0 Å². The Balaban J connectivity index is 1.44. The molecule has 2 saturated heterocycles. The summed E-state index contributed by atoms with van der Waals surface area (Å²) in [6.07, 6.45) is 2.06. The number of nitrogens with zero attached hydrogens (tertiary/aromatic N) is 2. The Kier molecular flexibility index (Phi) is 4.79. The molecule has 1 aromatic carbocycles. The van der Waals surface area contributed by atoms with Crippen LogP contribution in [0.15, 0.2) is 48.7 Å². The average molecular weight is 381 g/mol. The maximum Gasteiger partial charge on any atom is 0.292 e. The number of rotatable bonds is 4. The number of H-pyrrole nitrogens is 1. The molecule has 0 unspecified atom stereocenters. The standard InChI is InChI=1S/C20H20N4O4/c25-18-13-16(19(26)24(18)15-6-4-14(5-7-15)20(27)28)22-9-11-23(12-10-22)17-3-1-2-8-21-17/h1-8,16H,9-13H2,(H,27,28)/p+1/t16-/m0/s1. The first kappa shape index (κ1) is 18.1. The highest BCUT2D eigenvalue weighted by Gasteiger charge is 2.47. The van der Waals surface area contributed by atoms with Gasteiger partial charge in [-0.25, -0.2) is 9.88 Å². The number of hydrogen-bond acceptors (Lipinski definition) is 5. The summed E-state index contributed by atoms with van der Waals surface area (Å²) in [6, 6.07) is 11.2. The van der Waals surface area contributed by atoms with E-state index >= 15 is 0 Å². The van der Waals surface area contributed by atoms with Crippen molar-refractivity contribution in [3.05, 3.63) is 54.2 Å². The number of aromatic carboxylic acids is 1. The molecule has 0 spiro atoms. The van der Waals surface area contributed by atoms with Gasteiger partial charge in [0.15, 0.2) is 6.04 Å². The van der Waals surface area contributed by atoms with Crippen molar-refractivity contribution in [3.63, 3.8) is 0 Å². The molecule has 0 aliphatic carbocycles. The van der Waals surface area contributed by atoms with Gasteiger partial charge in [0.2, 0.25) is 5.91 Å². The van der Waals surface area contributed by atoms with Gasteiger partial charge in [-0.05, 0) is 23.8 Å². The molecule has 0 radical (unpaired) electrons. The SMILES string of the molecule is O=C([O-])c1ccc(N2C(=O)C[C@H]([NH+]3CCN(c4cccc[nH+]4)CC3)C2=O)cc1. The van der Waals surface area contributed by atoms with E-state index in [1.54, 1.807) is 0 Å². The van der Waals surface area contributed by atoms with E-state index in [9.17, 15) is 19.5 Å². The van der Waals surface area contributed by atoms with E-state index in [-0.39, 0.29) is 23.8 Å². The monoisotopic (exact) mass is 381 g/mol. The van der Waals surface area contributed by atoms with Gasteiger partial charge in [-0.1, -0.05) is 18.2 Å². The minimum Gasteiger partial charge on any atom is -0.545 e. The summed E-state index contributed by atoms with van der Waals surface area (Å²) >= 11 is 0. The summed E-state index contributed by atoms with van der Waals surface area (Å²) in [5, 5.41) is 10.9. The lowest BCUT2D eigenvalue weighted by Crippen LogP contribution is -3.19. The summed E-state index contributed by atoms with van der Waals surface area (Å²) in [4.78, 5) is 44.0. The van der Waals surface area contributed by atoms with Crippen molar-refractivity contribution < 1.29 is 29.4 Å². The van der Waals surface area contributed by atoms with E-state index in [1.165, 1.54) is 29.2 Å². The summed E-state index contributed by atoms with van der Waals surface area (Å²) in [5.41, 5.74) is 0.415. The molecule has 1 atom stereocenters. The van der Waals surface area contributed by atoms with Crippen molar-refractivity contribution in [2.24, 2.45) is 0 Å².